The third-order valence-corrected chi connectivity index (χ3v) is 4.77. The Morgan fingerprint density at radius 2 is 1.84 bits per heavy atom. The van der Waals surface area contributed by atoms with Crippen molar-refractivity contribution in [1.29, 1.82) is 0 Å². The van der Waals surface area contributed by atoms with Crippen LogP contribution in [0.15, 0.2) is 47.5 Å². The Balaban J connectivity index is 2.05. The monoisotopic (exact) mass is 430 g/mol. The third-order valence-electron chi connectivity index (χ3n) is 4.77. The quantitative estimate of drug-likeness (QED) is 0.473. The molecule has 1 unspecified atom stereocenters. The van der Waals surface area contributed by atoms with E-state index in [0.717, 1.165) is 23.3 Å². The Kier molecular flexibility index (Phi) is 9.12. The Morgan fingerprint density at radius 3 is 2.42 bits per heavy atom. The fraction of sp³-hybridized carbons (Fsp3) is 0.391. The highest BCUT2D eigenvalue weighted by molar-refractivity contribution is 5.85. The van der Waals surface area contributed by atoms with Gasteiger partial charge in [-0.05, 0) is 48.7 Å². The van der Waals surface area contributed by atoms with E-state index >= 15 is 0 Å². The summed E-state index contributed by atoms with van der Waals surface area (Å²) in [6.45, 7) is 2.52. The van der Waals surface area contributed by atoms with Crippen molar-refractivity contribution in [2.75, 3.05) is 41.4 Å². The van der Waals surface area contributed by atoms with Crippen molar-refractivity contribution >= 4 is 11.9 Å². The number of nitrogens with zero attached hydrogens (tertiary/aromatic N) is 2. The van der Waals surface area contributed by atoms with Crippen molar-refractivity contribution in [3.63, 3.8) is 0 Å². The van der Waals surface area contributed by atoms with Crippen LogP contribution in [0.4, 0.5) is 4.39 Å². The van der Waals surface area contributed by atoms with E-state index in [1.54, 1.807) is 33.3 Å². The van der Waals surface area contributed by atoms with E-state index in [4.69, 9.17) is 9.47 Å². The van der Waals surface area contributed by atoms with Gasteiger partial charge in [0.15, 0.2) is 17.5 Å². The Hall–Kier alpha value is -3.29. The molecule has 0 radical (unpaired) electrons. The summed E-state index contributed by atoms with van der Waals surface area (Å²) in [6.07, 6.45) is 0.762. The molecule has 0 saturated carbocycles. The van der Waals surface area contributed by atoms with Crippen LogP contribution in [0.5, 0.6) is 11.5 Å². The number of carbonyl (C=O) groups is 1. The maximum atomic E-state index is 14.1. The van der Waals surface area contributed by atoms with E-state index in [2.05, 4.69) is 15.6 Å². The van der Waals surface area contributed by atoms with Gasteiger partial charge in [-0.15, -0.1) is 0 Å². The summed E-state index contributed by atoms with van der Waals surface area (Å²) in [5, 5.41) is 6.48. The van der Waals surface area contributed by atoms with Gasteiger partial charge in [0.1, 0.15) is 12.3 Å². The van der Waals surface area contributed by atoms with Crippen molar-refractivity contribution in [3.05, 3.63) is 59.4 Å². The standard InChI is InChI=1S/C23H31FN4O3/c1-16(18-8-11-21(31-5)20(24)14-18)27-23(26-15-22(29)28(2)3)25-13-12-17-6-9-19(30-4)10-7-17/h6-11,14,16H,12-13,15H2,1-5H3,(H2,25,26,27). The summed E-state index contributed by atoms with van der Waals surface area (Å²) >= 11 is 0. The van der Waals surface area contributed by atoms with Crippen molar-refractivity contribution < 1.29 is 18.7 Å². The third kappa shape index (κ3) is 7.47. The number of nitrogens with one attached hydrogen (secondary N) is 2. The van der Waals surface area contributed by atoms with Crippen LogP contribution in [0.2, 0.25) is 0 Å². The summed E-state index contributed by atoms with van der Waals surface area (Å²) in [5.41, 5.74) is 1.88. The van der Waals surface area contributed by atoms with Crippen molar-refractivity contribution in [3.8, 4) is 11.5 Å². The van der Waals surface area contributed by atoms with E-state index in [0.29, 0.717) is 12.5 Å². The van der Waals surface area contributed by atoms with Crippen LogP contribution < -0.4 is 20.1 Å². The van der Waals surface area contributed by atoms with Gasteiger partial charge in [0.2, 0.25) is 5.91 Å². The van der Waals surface area contributed by atoms with Gasteiger partial charge >= 0.3 is 0 Å². The second-order valence-corrected chi connectivity index (χ2v) is 7.24. The predicted octanol–water partition coefficient (Wildman–Crippen LogP) is 2.77. The van der Waals surface area contributed by atoms with Crippen molar-refractivity contribution in [2.24, 2.45) is 4.99 Å². The SMILES string of the molecule is COc1ccc(CCNC(=NCC(=O)N(C)C)NC(C)c2ccc(OC)c(F)c2)cc1. The Labute approximate surface area is 183 Å². The van der Waals surface area contributed by atoms with Crippen molar-refractivity contribution in [2.45, 2.75) is 19.4 Å². The number of hydrogen-bond donors (Lipinski definition) is 2. The lowest BCUT2D eigenvalue weighted by Gasteiger charge is -2.19. The first kappa shape index (κ1) is 24.0. The molecule has 0 saturated heterocycles. The van der Waals surface area contributed by atoms with Crippen molar-refractivity contribution in [1.82, 2.24) is 15.5 Å². The van der Waals surface area contributed by atoms with Gasteiger partial charge in [0, 0.05) is 20.6 Å². The topological polar surface area (TPSA) is 75.2 Å². The molecule has 0 aliphatic heterocycles. The number of aliphatic imine (C=N–C) groups is 1. The van der Waals surface area contributed by atoms with E-state index in [1.807, 2.05) is 31.2 Å². The number of hydrogen-bond acceptors (Lipinski definition) is 4. The summed E-state index contributed by atoms with van der Waals surface area (Å²) in [7, 11) is 6.44. The maximum Gasteiger partial charge on any atom is 0.243 e. The predicted molar refractivity (Wildman–Crippen MR) is 120 cm³/mol. The van der Waals surface area contributed by atoms with E-state index < -0.39 is 5.82 Å². The highest BCUT2D eigenvalue weighted by Gasteiger charge is 2.12. The van der Waals surface area contributed by atoms with Gasteiger partial charge in [-0.1, -0.05) is 18.2 Å². The minimum Gasteiger partial charge on any atom is -0.497 e. The van der Waals surface area contributed by atoms with Gasteiger partial charge in [-0.2, -0.15) is 0 Å². The normalized spacial score (nSPS) is 12.1. The molecule has 31 heavy (non-hydrogen) atoms. The lowest BCUT2D eigenvalue weighted by molar-refractivity contribution is -0.127. The highest BCUT2D eigenvalue weighted by Crippen LogP contribution is 2.21. The number of guanidine groups is 1. The van der Waals surface area contributed by atoms with E-state index in [-0.39, 0.29) is 24.2 Å². The van der Waals surface area contributed by atoms with E-state index in [9.17, 15) is 9.18 Å². The molecule has 0 aliphatic rings. The second-order valence-electron chi connectivity index (χ2n) is 7.24. The minimum absolute atomic E-state index is 0.00849. The molecule has 2 aromatic carbocycles. The summed E-state index contributed by atoms with van der Waals surface area (Å²) in [5.74, 6) is 0.941. The average Bonchev–Trinajstić information content (AvgIpc) is 2.77. The Bertz CT molecular complexity index is 885. The number of amides is 1. The molecule has 0 aliphatic carbocycles. The lowest BCUT2D eigenvalue weighted by Crippen LogP contribution is -2.40. The molecule has 0 spiro atoms. The van der Waals surface area contributed by atoms with Crippen LogP contribution in [-0.4, -0.2) is 58.2 Å². The van der Waals surface area contributed by atoms with Gasteiger partial charge in [-0.3, -0.25) is 4.79 Å². The van der Waals surface area contributed by atoms with Crippen LogP contribution in [0, 0.1) is 5.82 Å². The molecule has 0 heterocycles. The van der Waals surface area contributed by atoms with Gasteiger partial charge in [0.05, 0.1) is 20.3 Å². The van der Waals surface area contributed by atoms with Crippen LogP contribution in [-0.2, 0) is 11.2 Å². The largest absolute Gasteiger partial charge is 0.497 e. The molecule has 7 nitrogen and oxygen atoms in total. The minimum atomic E-state index is -0.428. The number of ether oxygens (including phenoxy) is 2. The zero-order valence-corrected chi connectivity index (χ0v) is 18.7. The fourth-order valence-electron chi connectivity index (χ4n) is 2.80. The highest BCUT2D eigenvalue weighted by atomic mass is 19.1. The maximum absolute atomic E-state index is 14.1. The number of likely N-dealkylation sites (N-methyl/N-ethyl adjacent to an activating group) is 1. The van der Waals surface area contributed by atoms with Gasteiger partial charge < -0.3 is 25.0 Å². The van der Waals surface area contributed by atoms with Crippen LogP contribution in [0.25, 0.3) is 0 Å². The molecule has 1 amide bonds. The number of benzene rings is 2. The molecular formula is C23H31FN4O3. The lowest BCUT2D eigenvalue weighted by atomic mass is 10.1. The van der Waals surface area contributed by atoms with Crippen LogP contribution in [0.3, 0.4) is 0 Å². The molecule has 1 atom stereocenters. The molecule has 8 heteroatoms. The second kappa shape index (κ2) is 11.8. The number of halogens is 1. The molecule has 2 N–H and O–H groups in total. The Morgan fingerprint density at radius 1 is 1.13 bits per heavy atom. The molecule has 2 rings (SSSR count). The molecule has 0 aromatic heterocycles. The van der Waals surface area contributed by atoms with Gasteiger partial charge in [-0.25, -0.2) is 9.38 Å². The first-order valence-corrected chi connectivity index (χ1v) is 10.1. The number of methoxy groups -OCH3 is 2. The number of carbonyl (C=O) groups excluding carboxylic acids is 1. The van der Waals surface area contributed by atoms with Crippen LogP contribution in [0.1, 0.15) is 24.1 Å². The zero-order chi connectivity index (χ0) is 22.8. The summed E-state index contributed by atoms with van der Waals surface area (Å²) in [4.78, 5) is 17.8. The van der Waals surface area contributed by atoms with Gasteiger partial charge in [0.25, 0.3) is 0 Å². The summed E-state index contributed by atoms with van der Waals surface area (Å²) in [6, 6.07) is 12.4. The zero-order valence-electron chi connectivity index (χ0n) is 18.7. The first-order valence-electron chi connectivity index (χ1n) is 10.1. The summed E-state index contributed by atoms with van der Waals surface area (Å²) < 4.78 is 24.2. The first-order chi connectivity index (χ1) is 14.8. The average molecular weight is 431 g/mol. The molecule has 0 bridgehead atoms. The number of rotatable bonds is 9. The smallest absolute Gasteiger partial charge is 0.243 e. The molecule has 168 valence electrons. The van der Waals surface area contributed by atoms with E-state index in [1.165, 1.54) is 18.1 Å². The molecule has 0 fully saturated rings. The van der Waals surface area contributed by atoms with Crippen LogP contribution >= 0.6 is 0 Å². The molecule has 2 aromatic rings. The fourth-order valence-corrected chi connectivity index (χ4v) is 2.80. The molecular weight excluding hydrogens is 399 g/mol.